The smallest absolute Gasteiger partial charge is 0.0786 e. The van der Waals surface area contributed by atoms with Crippen LogP contribution in [0.2, 0.25) is 0 Å². The summed E-state index contributed by atoms with van der Waals surface area (Å²) in [5, 5.41) is 12.6. The fraction of sp³-hybridized carbons (Fsp3) is 0.538. The molecule has 3 nitrogen and oxygen atoms in total. The van der Waals surface area contributed by atoms with Gasteiger partial charge in [0.05, 0.1) is 6.10 Å². The van der Waals surface area contributed by atoms with Crippen molar-refractivity contribution in [3.8, 4) is 0 Å². The van der Waals surface area contributed by atoms with Crippen LogP contribution in [0, 0.1) is 20.8 Å². The highest BCUT2D eigenvalue weighted by molar-refractivity contribution is 5.37. The van der Waals surface area contributed by atoms with Crippen molar-refractivity contribution in [2.75, 3.05) is 13.1 Å². The third-order valence-corrected chi connectivity index (χ3v) is 2.79. The molecule has 4 N–H and O–H groups in total. The van der Waals surface area contributed by atoms with Gasteiger partial charge in [-0.05, 0) is 37.5 Å². The lowest BCUT2D eigenvalue weighted by Gasteiger charge is -2.14. The van der Waals surface area contributed by atoms with Crippen LogP contribution in [0.4, 0.5) is 0 Å². The predicted octanol–water partition coefficient (Wildman–Crippen LogP) is 1.02. The van der Waals surface area contributed by atoms with E-state index in [0.29, 0.717) is 13.1 Å². The first-order valence-electron chi connectivity index (χ1n) is 5.70. The minimum absolute atomic E-state index is 0.304. The summed E-state index contributed by atoms with van der Waals surface area (Å²) >= 11 is 0. The molecule has 3 heteroatoms. The Labute approximate surface area is 97.7 Å². The number of nitrogens with one attached hydrogen (secondary N) is 1. The fourth-order valence-electron chi connectivity index (χ4n) is 1.94. The van der Waals surface area contributed by atoms with E-state index < -0.39 is 6.10 Å². The van der Waals surface area contributed by atoms with E-state index >= 15 is 0 Å². The van der Waals surface area contributed by atoms with Crippen LogP contribution in [0.3, 0.4) is 0 Å². The maximum absolute atomic E-state index is 9.33. The maximum Gasteiger partial charge on any atom is 0.0786 e. The molecule has 0 bridgehead atoms. The van der Waals surface area contributed by atoms with Gasteiger partial charge in [0.1, 0.15) is 0 Å². The Bertz CT molecular complexity index is 327. The molecule has 1 aromatic rings. The van der Waals surface area contributed by atoms with Gasteiger partial charge in [-0.15, -0.1) is 0 Å². The number of nitrogens with two attached hydrogens (primary N) is 1. The number of aliphatic hydroxyl groups excluding tert-OH is 1. The Hall–Kier alpha value is -0.900. The molecule has 0 saturated carbocycles. The minimum Gasteiger partial charge on any atom is -0.390 e. The van der Waals surface area contributed by atoms with Crippen molar-refractivity contribution in [3.05, 3.63) is 34.4 Å². The highest BCUT2D eigenvalue weighted by Gasteiger charge is 2.05. The van der Waals surface area contributed by atoms with Gasteiger partial charge in [-0.1, -0.05) is 17.7 Å². The number of hydrogen-bond acceptors (Lipinski definition) is 3. The van der Waals surface area contributed by atoms with Crippen LogP contribution in [0.1, 0.15) is 22.3 Å². The summed E-state index contributed by atoms with van der Waals surface area (Å²) in [6.07, 6.45) is -0.453. The van der Waals surface area contributed by atoms with E-state index in [0.717, 1.165) is 6.54 Å². The van der Waals surface area contributed by atoms with Gasteiger partial charge in [0.25, 0.3) is 0 Å². The highest BCUT2D eigenvalue weighted by Crippen LogP contribution is 2.15. The molecular weight excluding hydrogens is 200 g/mol. The molecule has 1 atom stereocenters. The Kier molecular flexibility index (Phi) is 4.93. The number of benzene rings is 1. The molecule has 90 valence electrons. The molecule has 0 amide bonds. The van der Waals surface area contributed by atoms with Gasteiger partial charge in [-0.3, -0.25) is 0 Å². The Morgan fingerprint density at radius 3 is 2.31 bits per heavy atom. The van der Waals surface area contributed by atoms with Crippen LogP contribution in [0.25, 0.3) is 0 Å². The molecule has 0 fully saturated rings. The van der Waals surface area contributed by atoms with Crippen molar-refractivity contribution in [2.45, 2.75) is 33.4 Å². The maximum atomic E-state index is 9.33. The summed E-state index contributed by atoms with van der Waals surface area (Å²) in [7, 11) is 0. The van der Waals surface area contributed by atoms with Gasteiger partial charge < -0.3 is 16.2 Å². The van der Waals surface area contributed by atoms with E-state index in [4.69, 9.17) is 5.73 Å². The van der Waals surface area contributed by atoms with Crippen LogP contribution in [-0.4, -0.2) is 24.3 Å². The van der Waals surface area contributed by atoms with E-state index in [1.807, 2.05) is 0 Å². The second-order valence-corrected chi connectivity index (χ2v) is 4.40. The van der Waals surface area contributed by atoms with Crippen molar-refractivity contribution in [1.29, 1.82) is 0 Å². The Morgan fingerprint density at radius 1 is 1.25 bits per heavy atom. The van der Waals surface area contributed by atoms with Crippen LogP contribution in [0.5, 0.6) is 0 Å². The fourth-order valence-corrected chi connectivity index (χ4v) is 1.94. The molecule has 1 rings (SSSR count). The molecule has 0 aromatic heterocycles. The van der Waals surface area contributed by atoms with Crippen molar-refractivity contribution in [2.24, 2.45) is 5.73 Å². The molecule has 0 saturated heterocycles. The molecule has 0 spiro atoms. The molecular formula is C13H22N2O. The van der Waals surface area contributed by atoms with Gasteiger partial charge in [0.2, 0.25) is 0 Å². The summed E-state index contributed by atoms with van der Waals surface area (Å²) < 4.78 is 0. The molecule has 0 radical (unpaired) electrons. The summed E-state index contributed by atoms with van der Waals surface area (Å²) in [6.45, 7) is 7.99. The third kappa shape index (κ3) is 3.59. The zero-order chi connectivity index (χ0) is 12.1. The average molecular weight is 222 g/mol. The summed E-state index contributed by atoms with van der Waals surface area (Å²) in [5.41, 5.74) is 10.5. The van der Waals surface area contributed by atoms with Crippen molar-refractivity contribution >= 4 is 0 Å². The average Bonchev–Trinajstić information content (AvgIpc) is 2.21. The van der Waals surface area contributed by atoms with Gasteiger partial charge >= 0.3 is 0 Å². The van der Waals surface area contributed by atoms with Gasteiger partial charge in [0, 0.05) is 19.6 Å². The monoisotopic (exact) mass is 222 g/mol. The second kappa shape index (κ2) is 5.99. The zero-order valence-corrected chi connectivity index (χ0v) is 10.4. The molecule has 0 aliphatic heterocycles. The molecule has 0 aliphatic carbocycles. The lowest BCUT2D eigenvalue weighted by Crippen LogP contribution is -2.32. The number of aliphatic hydroxyl groups is 1. The van der Waals surface area contributed by atoms with Gasteiger partial charge in [0.15, 0.2) is 0 Å². The second-order valence-electron chi connectivity index (χ2n) is 4.40. The van der Waals surface area contributed by atoms with Gasteiger partial charge in [-0.25, -0.2) is 0 Å². The normalized spacial score (nSPS) is 12.8. The number of hydrogen-bond donors (Lipinski definition) is 3. The third-order valence-electron chi connectivity index (χ3n) is 2.79. The van der Waals surface area contributed by atoms with E-state index in [1.165, 1.54) is 22.3 Å². The Balaban J connectivity index is 2.60. The first-order chi connectivity index (χ1) is 7.54. The number of rotatable bonds is 5. The van der Waals surface area contributed by atoms with Crippen LogP contribution < -0.4 is 11.1 Å². The van der Waals surface area contributed by atoms with E-state index in [-0.39, 0.29) is 0 Å². The van der Waals surface area contributed by atoms with E-state index in [1.54, 1.807) is 0 Å². The van der Waals surface area contributed by atoms with Crippen molar-refractivity contribution < 1.29 is 5.11 Å². The lowest BCUT2D eigenvalue weighted by molar-refractivity contribution is 0.179. The van der Waals surface area contributed by atoms with Crippen molar-refractivity contribution in [1.82, 2.24) is 5.32 Å². The highest BCUT2D eigenvalue weighted by atomic mass is 16.3. The Morgan fingerprint density at radius 2 is 1.81 bits per heavy atom. The number of aryl methyl sites for hydroxylation is 3. The first-order valence-corrected chi connectivity index (χ1v) is 5.70. The van der Waals surface area contributed by atoms with Crippen LogP contribution in [-0.2, 0) is 6.54 Å². The molecule has 0 aliphatic rings. The standard InChI is InChI=1S/C13H22N2O/c1-9-4-10(2)13(11(3)5-9)8-15-7-12(16)6-14/h4-5,12,15-16H,6-8,14H2,1-3H3. The van der Waals surface area contributed by atoms with Crippen LogP contribution in [0.15, 0.2) is 12.1 Å². The predicted molar refractivity (Wildman–Crippen MR) is 67.4 cm³/mol. The van der Waals surface area contributed by atoms with E-state index in [9.17, 15) is 5.11 Å². The summed E-state index contributed by atoms with van der Waals surface area (Å²) in [6, 6.07) is 4.37. The molecule has 1 unspecified atom stereocenters. The zero-order valence-electron chi connectivity index (χ0n) is 10.4. The first kappa shape index (κ1) is 13.2. The summed E-state index contributed by atoms with van der Waals surface area (Å²) in [5.74, 6) is 0. The van der Waals surface area contributed by atoms with Crippen LogP contribution >= 0.6 is 0 Å². The quantitative estimate of drug-likeness (QED) is 0.697. The van der Waals surface area contributed by atoms with Crippen molar-refractivity contribution in [3.63, 3.8) is 0 Å². The molecule has 1 aromatic carbocycles. The van der Waals surface area contributed by atoms with Gasteiger partial charge in [-0.2, -0.15) is 0 Å². The molecule has 0 heterocycles. The topological polar surface area (TPSA) is 58.3 Å². The summed E-state index contributed by atoms with van der Waals surface area (Å²) in [4.78, 5) is 0. The SMILES string of the molecule is Cc1cc(C)c(CNCC(O)CN)c(C)c1. The molecule has 16 heavy (non-hydrogen) atoms. The largest absolute Gasteiger partial charge is 0.390 e. The minimum atomic E-state index is -0.453. The van der Waals surface area contributed by atoms with E-state index in [2.05, 4.69) is 38.2 Å². The lowest BCUT2D eigenvalue weighted by atomic mass is 10.00.